The smallest absolute Gasteiger partial charge is 0.221 e. The number of aldehydes is 1. The first-order valence-corrected chi connectivity index (χ1v) is 5.92. The fourth-order valence-electron chi connectivity index (χ4n) is 1.80. The number of benzene rings is 1. The van der Waals surface area contributed by atoms with Crippen molar-refractivity contribution >= 4 is 17.9 Å². The molecule has 0 atom stereocenters. The van der Waals surface area contributed by atoms with Crippen molar-refractivity contribution in [3.63, 3.8) is 0 Å². The number of aromatic nitrogens is 3. The maximum Gasteiger partial charge on any atom is 0.221 e. The van der Waals surface area contributed by atoms with Gasteiger partial charge in [0, 0.05) is 19.7 Å². The van der Waals surface area contributed by atoms with E-state index in [1.807, 2.05) is 0 Å². The number of carbonyl (C=O) groups excluding carboxylic acids is 2. The summed E-state index contributed by atoms with van der Waals surface area (Å²) in [7, 11) is 1.53. The van der Waals surface area contributed by atoms with Gasteiger partial charge in [0.2, 0.25) is 5.91 Å². The van der Waals surface area contributed by atoms with Crippen molar-refractivity contribution in [1.82, 2.24) is 15.0 Å². The molecule has 0 saturated heterocycles. The number of anilines is 1. The van der Waals surface area contributed by atoms with E-state index in [0.29, 0.717) is 23.4 Å². The first-order chi connectivity index (χ1) is 9.65. The van der Waals surface area contributed by atoms with Gasteiger partial charge in [-0.2, -0.15) is 0 Å². The number of hydrogen-bond donors (Lipinski definition) is 1. The predicted octanol–water partition coefficient (Wildman–Crippen LogP) is 1.18. The number of nitrogens with zero attached hydrogens (tertiary/aromatic N) is 3. The molecule has 1 aromatic carbocycles. The van der Waals surface area contributed by atoms with Gasteiger partial charge >= 0.3 is 0 Å². The Balaban J connectivity index is 2.43. The lowest BCUT2D eigenvalue weighted by Crippen LogP contribution is -2.08. The zero-order chi connectivity index (χ0) is 14.5. The van der Waals surface area contributed by atoms with E-state index in [-0.39, 0.29) is 18.2 Å². The second kappa shape index (κ2) is 6.07. The minimum absolute atomic E-state index is 0.161. The normalized spacial score (nSPS) is 10.3. The van der Waals surface area contributed by atoms with Crippen LogP contribution >= 0.6 is 0 Å². The van der Waals surface area contributed by atoms with Crippen LogP contribution in [0.25, 0.3) is 5.69 Å². The Bertz CT molecular complexity index is 636. The van der Waals surface area contributed by atoms with Crippen molar-refractivity contribution in [1.29, 1.82) is 0 Å². The van der Waals surface area contributed by atoms with Crippen molar-refractivity contribution in [3.8, 4) is 5.69 Å². The van der Waals surface area contributed by atoms with E-state index < -0.39 is 0 Å². The first kappa shape index (κ1) is 13.9. The summed E-state index contributed by atoms with van der Waals surface area (Å²) < 4.78 is 6.57. The maximum atomic E-state index is 11.1. The summed E-state index contributed by atoms with van der Waals surface area (Å²) in [4.78, 5) is 22.0. The molecule has 0 bridgehead atoms. The Kier molecular flexibility index (Phi) is 4.21. The molecule has 0 aliphatic carbocycles. The molecule has 1 N–H and O–H groups in total. The van der Waals surface area contributed by atoms with Crippen LogP contribution in [0.3, 0.4) is 0 Å². The number of carbonyl (C=O) groups is 2. The van der Waals surface area contributed by atoms with Gasteiger partial charge in [0.1, 0.15) is 5.69 Å². The van der Waals surface area contributed by atoms with Gasteiger partial charge in [-0.05, 0) is 18.2 Å². The largest absolute Gasteiger partial charge is 0.378 e. The molecule has 2 rings (SSSR count). The maximum absolute atomic E-state index is 11.1. The van der Waals surface area contributed by atoms with E-state index in [9.17, 15) is 9.59 Å². The molecular formula is C13H14N4O3. The third-order valence-corrected chi connectivity index (χ3v) is 2.60. The Morgan fingerprint density at radius 2 is 2.30 bits per heavy atom. The summed E-state index contributed by atoms with van der Waals surface area (Å²) in [5, 5.41) is 10.4. The molecule has 1 heterocycles. The quantitative estimate of drug-likeness (QED) is 0.827. The van der Waals surface area contributed by atoms with E-state index in [4.69, 9.17) is 4.74 Å². The number of methoxy groups -OCH3 is 1. The Morgan fingerprint density at radius 3 is 2.95 bits per heavy atom. The summed E-state index contributed by atoms with van der Waals surface area (Å²) in [5.41, 5.74) is 2.12. The van der Waals surface area contributed by atoms with Crippen LogP contribution in [0, 0.1) is 0 Å². The second-order valence-corrected chi connectivity index (χ2v) is 4.12. The van der Waals surface area contributed by atoms with Gasteiger partial charge in [0.25, 0.3) is 0 Å². The average Bonchev–Trinajstić information content (AvgIpc) is 2.82. The average molecular weight is 274 g/mol. The number of nitrogens with one attached hydrogen (secondary N) is 1. The summed E-state index contributed by atoms with van der Waals surface area (Å²) in [6, 6.07) is 7.08. The van der Waals surface area contributed by atoms with Crippen LogP contribution in [0.1, 0.15) is 23.1 Å². The van der Waals surface area contributed by atoms with Gasteiger partial charge in [-0.25, -0.2) is 4.68 Å². The zero-order valence-electron chi connectivity index (χ0n) is 11.2. The summed E-state index contributed by atoms with van der Waals surface area (Å²) in [6.07, 6.45) is 0.634. The minimum Gasteiger partial charge on any atom is -0.378 e. The lowest BCUT2D eigenvalue weighted by atomic mass is 10.2. The Labute approximate surface area is 115 Å². The van der Waals surface area contributed by atoms with E-state index in [2.05, 4.69) is 15.6 Å². The van der Waals surface area contributed by atoms with Crippen LogP contribution in [-0.4, -0.2) is 34.3 Å². The molecule has 0 unspecified atom stereocenters. The van der Waals surface area contributed by atoms with Gasteiger partial charge in [-0.3, -0.25) is 9.59 Å². The molecule has 20 heavy (non-hydrogen) atoms. The third kappa shape index (κ3) is 2.89. The van der Waals surface area contributed by atoms with Crippen LogP contribution in [0.5, 0.6) is 0 Å². The number of rotatable bonds is 5. The molecule has 0 aliphatic rings. The first-order valence-electron chi connectivity index (χ1n) is 5.92. The molecular weight excluding hydrogens is 260 g/mol. The van der Waals surface area contributed by atoms with E-state index in [1.165, 1.54) is 18.7 Å². The Morgan fingerprint density at radius 1 is 1.50 bits per heavy atom. The molecule has 7 heteroatoms. The summed E-state index contributed by atoms with van der Waals surface area (Å²) >= 11 is 0. The SMILES string of the molecule is COCc1c(C=O)nnn1-c1cccc(NC(C)=O)c1. The molecule has 0 spiro atoms. The standard InChI is InChI=1S/C13H14N4O3/c1-9(19)14-10-4-3-5-11(6-10)17-13(8-20-2)12(7-18)15-16-17/h3-7H,8H2,1-2H3,(H,14,19). The molecule has 0 fully saturated rings. The predicted molar refractivity (Wildman–Crippen MR) is 71.8 cm³/mol. The number of hydrogen-bond acceptors (Lipinski definition) is 5. The molecule has 0 radical (unpaired) electrons. The molecule has 104 valence electrons. The van der Waals surface area contributed by atoms with Gasteiger partial charge in [-0.15, -0.1) is 5.10 Å². The molecule has 7 nitrogen and oxygen atoms in total. The number of amides is 1. The lowest BCUT2D eigenvalue weighted by Gasteiger charge is -2.08. The fourth-order valence-corrected chi connectivity index (χ4v) is 1.80. The van der Waals surface area contributed by atoms with Crippen molar-refractivity contribution in [3.05, 3.63) is 35.7 Å². The van der Waals surface area contributed by atoms with Crippen LogP contribution in [0.2, 0.25) is 0 Å². The third-order valence-electron chi connectivity index (χ3n) is 2.60. The Hall–Kier alpha value is -2.54. The number of ether oxygens (including phenoxy) is 1. The highest BCUT2D eigenvalue weighted by Gasteiger charge is 2.13. The van der Waals surface area contributed by atoms with Crippen LogP contribution < -0.4 is 5.32 Å². The summed E-state index contributed by atoms with van der Waals surface area (Å²) in [5.74, 6) is -0.161. The van der Waals surface area contributed by atoms with Crippen LogP contribution in [0.15, 0.2) is 24.3 Å². The van der Waals surface area contributed by atoms with Gasteiger partial charge in [0.15, 0.2) is 12.0 Å². The van der Waals surface area contributed by atoms with E-state index in [0.717, 1.165) is 0 Å². The molecule has 0 saturated carbocycles. The lowest BCUT2D eigenvalue weighted by molar-refractivity contribution is -0.114. The molecule has 1 aromatic heterocycles. The highest BCUT2D eigenvalue weighted by Crippen LogP contribution is 2.17. The molecule has 2 aromatic rings. The summed E-state index contributed by atoms with van der Waals surface area (Å²) in [6.45, 7) is 1.65. The molecule has 1 amide bonds. The van der Waals surface area contributed by atoms with Crippen molar-refractivity contribution in [2.45, 2.75) is 13.5 Å². The van der Waals surface area contributed by atoms with Crippen molar-refractivity contribution in [2.75, 3.05) is 12.4 Å². The van der Waals surface area contributed by atoms with Gasteiger partial charge in [-0.1, -0.05) is 11.3 Å². The molecule has 0 aliphatic heterocycles. The van der Waals surface area contributed by atoms with Gasteiger partial charge < -0.3 is 10.1 Å². The minimum atomic E-state index is -0.161. The second-order valence-electron chi connectivity index (χ2n) is 4.12. The topological polar surface area (TPSA) is 86.1 Å². The fraction of sp³-hybridized carbons (Fsp3) is 0.231. The van der Waals surface area contributed by atoms with Crippen molar-refractivity contribution in [2.24, 2.45) is 0 Å². The van der Waals surface area contributed by atoms with Crippen LogP contribution in [0.4, 0.5) is 5.69 Å². The van der Waals surface area contributed by atoms with E-state index >= 15 is 0 Å². The highest BCUT2D eigenvalue weighted by atomic mass is 16.5. The van der Waals surface area contributed by atoms with E-state index in [1.54, 1.807) is 24.3 Å². The van der Waals surface area contributed by atoms with Crippen LogP contribution in [-0.2, 0) is 16.1 Å². The van der Waals surface area contributed by atoms with Gasteiger partial charge in [0.05, 0.1) is 12.3 Å². The zero-order valence-corrected chi connectivity index (χ0v) is 11.2. The van der Waals surface area contributed by atoms with Crippen molar-refractivity contribution < 1.29 is 14.3 Å². The highest BCUT2D eigenvalue weighted by molar-refractivity contribution is 5.88. The monoisotopic (exact) mass is 274 g/mol.